The second-order valence-corrected chi connectivity index (χ2v) is 2.88. The van der Waals surface area contributed by atoms with Gasteiger partial charge in [-0.05, 0) is 28.1 Å². The van der Waals surface area contributed by atoms with E-state index in [1.807, 2.05) is 18.2 Å². The zero-order valence-electron chi connectivity index (χ0n) is 5.55. The van der Waals surface area contributed by atoms with Crippen LogP contribution in [0.15, 0.2) is 35.5 Å². The highest BCUT2D eigenvalue weighted by Crippen LogP contribution is 2.07. The maximum absolute atomic E-state index is 4.15. The summed E-state index contributed by atoms with van der Waals surface area (Å²) in [5.41, 5.74) is 1.05. The van der Waals surface area contributed by atoms with Gasteiger partial charge in [-0.25, -0.2) is 0 Å². The summed E-state index contributed by atoms with van der Waals surface area (Å²) in [7, 11) is 0. The second-order valence-electron chi connectivity index (χ2n) is 1.96. The minimum absolute atomic E-state index is 0.841. The Morgan fingerprint density at radius 1 is 1.60 bits per heavy atom. The van der Waals surface area contributed by atoms with Crippen LogP contribution in [0.4, 0.5) is 0 Å². The Balaban J connectivity index is 2.78. The van der Waals surface area contributed by atoms with E-state index in [-0.39, 0.29) is 0 Å². The van der Waals surface area contributed by atoms with Crippen LogP contribution in [0.5, 0.6) is 0 Å². The van der Waals surface area contributed by atoms with E-state index < -0.39 is 0 Å². The van der Waals surface area contributed by atoms with Gasteiger partial charge >= 0.3 is 0 Å². The third kappa shape index (κ3) is 1.95. The van der Waals surface area contributed by atoms with Gasteiger partial charge in [-0.1, -0.05) is 6.08 Å². The van der Waals surface area contributed by atoms with Crippen molar-refractivity contribution >= 4 is 15.9 Å². The number of pyridine rings is 1. The normalized spacial score (nSPS) is 9.30. The van der Waals surface area contributed by atoms with Crippen molar-refractivity contribution in [2.24, 2.45) is 0 Å². The third-order valence-electron chi connectivity index (χ3n) is 1.14. The summed E-state index contributed by atoms with van der Waals surface area (Å²) >= 11 is 3.31. The molecule has 0 spiro atoms. The molecule has 0 atom stereocenters. The van der Waals surface area contributed by atoms with Gasteiger partial charge in [-0.2, -0.15) is 0 Å². The molecule has 1 heterocycles. The average Bonchev–Trinajstić information content (AvgIpc) is 1.95. The predicted octanol–water partition coefficient (Wildman–Crippen LogP) is 2.57. The number of nitrogens with zero attached hydrogens (tertiary/aromatic N) is 1. The molecule has 0 aromatic carbocycles. The molecule has 0 bridgehead atoms. The van der Waals surface area contributed by atoms with Gasteiger partial charge in [0.1, 0.15) is 0 Å². The van der Waals surface area contributed by atoms with Crippen LogP contribution >= 0.6 is 15.9 Å². The molecule has 0 unspecified atom stereocenters. The lowest BCUT2D eigenvalue weighted by molar-refractivity contribution is 1.11. The fraction of sp³-hybridized carbons (Fsp3) is 0.125. The van der Waals surface area contributed by atoms with E-state index in [0.717, 1.165) is 16.6 Å². The van der Waals surface area contributed by atoms with Crippen molar-refractivity contribution < 1.29 is 0 Å². The Morgan fingerprint density at radius 3 is 2.90 bits per heavy atom. The highest BCUT2D eigenvalue weighted by atomic mass is 79.9. The summed E-state index contributed by atoms with van der Waals surface area (Å²) in [6.07, 6.45) is 4.47. The maximum Gasteiger partial charge on any atom is 0.0441 e. The number of hydrogen-bond acceptors (Lipinski definition) is 1. The number of aromatic nitrogens is 1. The van der Waals surface area contributed by atoms with Crippen LogP contribution in [0.1, 0.15) is 5.69 Å². The molecule has 0 saturated heterocycles. The van der Waals surface area contributed by atoms with Gasteiger partial charge in [0.2, 0.25) is 0 Å². The summed E-state index contributed by atoms with van der Waals surface area (Å²) < 4.78 is 1.01. The molecule has 1 aromatic rings. The summed E-state index contributed by atoms with van der Waals surface area (Å²) in [4.78, 5) is 4.15. The van der Waals surface area contributed by atoms with Crippen molar-refractivity contribution in [3.8, 4) is 0 Å². The van der Waals surface area contributed by atoms with Crippen molar-refractivity contribution in [3.63, 3.8) is 0 Å². The Hall–Kier alpha value is -0.630. The van der Waals surface area contributed by atoms with Crippen molar-refractivity contribution in [2.75, 3.05) is 0 Å². The molecule has 0 aliphatic carbocycles. The van der Waals surface area contributed by atoms with Gasteiger partial charge in [-0.15, -0.1) is 6.58 Å². The molecule has 10 heavy (non-hydrogen) atoms. The minimum atomic E-state index is 0.841. The molecule has 0 aliphatic rings. The lowest BCUT2D eigenvalue weighted by Gasteiger charge is -1.93. The molecular weight excluding hydrogens is 190 g/mol. The molecule has 52 valence electrons. The quantitative estimate of drug-likeness (QED) is 0.665. The van der Waals surface area contributed by atoms with Gasteiger partial charge in [0.15, 0.2) is 0 Å². The second kappa shape index (κ2) is 3.52. The molecule has 1 aromatic heterocycles. The molecule has 0 N–H and O–H groups in total. The van der Waals surface area contributed by atoms with E-state index in [1.165, 1.54) is 0 Å². The number of halogens is 1. The van der Waals surface area contributed by atoms with Crippen LogP contribution in [0.25, 0.3) is 0 Å². The Morgan fingerprint density at radius 2 is 2.40 bits per heavy atom. The Bertz CT molecular complexity index is 215. The van der Waals surface area contributed by atoms with Crippen molar-refractivity contribution in [1.82, 2.24) is 4.98 Å². The SMILES string of the molecule is C=CCc1ccc(Br)cn1. The van der Waals surface area contributed by atoms with E-state index in [9.17, 15) is 0 Å². The summed E-state index contributed by atoms with van der Waals surface area (Å²) in [5.74, 6) is 0. The van der Waals surface area contributed by atoms with Crippen LogP contribution in [0.3, 0.4) is 0 Å². The van der Waals surface area contributed by atoms with Gasteiger partial charge in [0.05, 0.1) is 0 Å². The fourth-order valence-corrected chi connectivity index (χ4v) is 0.910. The summed E-state index contributed by atoms with van der Waals surface area (Å²) in [5, 5.41) is 0. The molecular formula is C8H8BrN. The largest absolute Gasteiger partial charge is 0.260 e. The standard InChI is InChI=1S/C8H8BrN/c1-2-3-8-5-4-7(9)6-10-8/h2,4-6H,1,3H2. The molecule has 0 aliphatic heterocycles. The highest BCUT2D eigenvalue weighted by molar-refractivity contribution is 9.10. The number of allylic oxidation sites excluding steroid dienone is 1. The van der Waals surface area contributed by atoms with Crippen molar-refractivity contribution in [2.45, 2.75) is 6.42 Å². The first-order valence-electron chi connectivity index (χ1n) is 3.04. The zero-order chi connectivity index (χ0) is 7.40. The molecule has 1 nitrogen and oxygen atoms in total. The van der Waals surface area contributed by atoms with E-state index >= 15 is 0 Å². The smallest absolute Gasteiger partial charge is 0.0441 e. The maximum atomic E-state index is 4.15. The molecule has 0 fully saturated rings. The first-order valence-corrected chi connectivity index (χ1v) is 3.83. The first-order chi connectivity index (χ1) is 4.83. The summed E-state index contributed by atoms with van der Waals surface area (Å²) in [6.45, 7) is 3.63. The van der Waals surface area contributed by atoms with Gasteiger partial charge in [-0.3, -0.25) is 4.98 Å². The van der Waals surface area contributed by atoms with Crippen LogP contribution in [0, 0.1) is 0 Å². The van der Waals surface area contributed by atoms with Crippen LogP contribution in [-0.2, 0) is 6.42 Å². The van der Waals surface area contributed by atoms with E-state index in [0.29, 0.717) is 0 Å². The lowest BCUT2D eigenvalue weighted by Crippen LogP contribution is -1.84. The number of rotatable bonds is 2. The fourth-order valence-electron chi connectivity index (χ4n) is 0.675. The van der Waals surface area contributed by atoms with Crippen molar-refractivity contribution in [1.29, 1.82) is 0 Å². The van der Waals surface area contributed by atoms with Crippen molar-refractivity contribution in [3.05, 3.63) is 41.2 Å². The van der Waals surface area contributed by atoms with Crippen LogP contribution in [-0.4, -0.2) is 4.98 Å². The molecule has 0 amide bonds. The first kappa shape index (κ1) is 7.48. The zero-order valence-corrected chi connectivity index (χ0v) is 7.13. The topological polar surface area (TPSA) is 12.9 Å². The van der Waals surface area contributed by atoms with E-state index in [4.69, 9.17) is 0 Å². The van der Waals surface area contributed by atoms with Crippen LogP contribution < -0.4 is 0 Å². The molecule has 1 rings (SSSR count). The molecule has 2 heteroatoms. The van der Waals surface area contributed by atoms with E-state index in [2.05, 4.69) is 27.5 Å². The summed E-state index contributed by atoms with van der Waals surface area (Å²) in [6, 6.07) is 3.96. The number of hydrogen-bond donors (Lipinski definition) is 0. The lowest BCUT2D eigenvalue weighted by atomic mass is 10.3. The molecule has 0 saturated carbocycles. The van der Waals surface area contributed by atoms with Crippen LogP contribution in [0.2, 0.25) is 0 Å². The Labute approximate surface area is 68.9 Å². The van der Waals surface area contributed by atoms with Gasteiger partial charge in [0, 0.05) is 22.8 Å². The predicted molar refractivity (Wildman–Crippen MR) is 45.8 cm³/mol. The average molecular weight is 198 g/mol. The van der Waals surface area contributed by atoms with E-state index in [1.54, 1.807) is 6.20 Å². The van der Waals surface area contributed by atoms with Gasteiger partial charge < -0.3 is 0 Å². The minimum Gasteiger partial charge on any atom is -0.260 e. The highest BCUT2D eigenvalue weighted by Gasteiger charge is 1.88. The molecule has 0 radical (unpaired) electrons. The monoisotopic (exact) mass is 197 g/mol. The van der Waals surface area contributed by atoms with Gasteiger partial charge in [0.25, 0.3) is 0 Å². The third-order valence-corrected chi connectivity index (χ3v) is 1.61. The Kier molecular flexibility index (Phi) is 2.63.